The van der Waals surface area contributed by atoms with Gasteiger partial charge in [0.15, 0.2) is 5.69 Å². The Balaban J connectivity index is 2.21. The summed E-state index contributed by atoms with van der Waals surface area (Å²) in [6.07, 6.45) is -1.81. The predicted molar refractivity (Wildman–Crippen MR) is 77.9 cm³/mol. The molecule has 7 heteroatoms. The van der Waals surface area contributed by atoms with Crippen LogP contribution in [-0.2, 0) is 19.0 Å². The van der Waals surface area contributed by atoms with E-state index in [9.17, 15) is 13.2 Å². The van der Waals surface area contributed by atoms with Crippen molar-refractivity contribution in [2.75, 3.05) is 0 Å². The van der Waals surface area contributed by atoms with Crippen LogP contribution in [0.3, 0.4) is 0 Å². The summed E-state index contributed by atoms with van der Waals surface area (Å²) in [5.41, 5.74) is 0.634. The summed E-state index contributed by atoms with van der Waals surface area (Å²) in [4.78, 5) is 0. The van der Waals surface area contributed by atoms with Crippen LogP contribution in [0.25, 0.3) is 5.69 Å². The van der Waals surface area contributed by atoms with Gasteiger partial charge in [-0.3, -0.25) is 0 Å². The van der Waals surface area contributed by atoms with Crippen LogP contribution in [0.1, 0.15) is 29.8 Å². The van der Waals surface area contributed by atoms with Gasteiger partial charge in [0.25, 0.3) is 0 Å². The van der Waals surface area contributed by atoms with Gasteiger partial charge in [-0.2, -0.15) is 18.3 Å². The van der Waals surface area contributed by atoms with Gasteiger partial charge in [0, 0.05) is 15.7 Å². The molecule has 0 atom stereocenters. The highest BCUT2D eigenvalue weighted by Crippen LogP contribution is 2.37. The minimum absolute atomic E-state index is 0.313. The molecular weight excluding hydrogens is 369 g/mol. The van der Waals surface area contributed by atoms with Gasteiger partial charge in [0.1, 0.15) is 0 Å². The quantitative estimate of drug-likeness (QED) is 0.667. The van der Waals surface area contributed by atoms with Crippen LogP contribution in [0.4, 0.5) is 13.2 Å². The van der Waals surface area contributed by atoms with E-state index in [1.54, 1.807) is 18.2 Å². The molecule has 0 amide bonds. The fraction of sp³-hybridized carbons (Fsp3) is 0.357. The van der Waals surface area contributed by atoms with Crippen LogP contribution >= 0.6 is 27.5 Å². The molecule has 2 nitrogen and oxygen atoms in total. The van der Waals surface area contributed by atoms with Gasteiger partial charge in [-0.05, 0) is 43.9 Å². The number of rotatable bonds is 1. The maximum Gasteiger partial charge on any atom is 0.435 e. The molecule has 3 rings (SSSR count). The zero-order valence-electron chi connectivity index (χ0n) is 10.8. The second-order valence-corrected chi connectivity index (χ2v) is 6.31. The molecule has 1 aliphatic carbocycles. The summed E-state index contributed by atoms with van der Waals surface area (Å²) in [5, 5.41) is 4.19. The fourth-order valence-corrected chi connectivity index (χ4v) is 3.43. The van der Waals surface area contributed by atoms with Crippen molar-refractivity contribution in [3.8, 4) is 5.69 Å². The molecule has 21 heavy (non-hydrogen) atoms. The monoisotopic (exact) mass is 378 g/mol. The topological polar surface area (TPSA) is 17.8 Å². The Labute approximate surface area is 133 Å². The lowest BCUT2D eigenvalue weighted by atomic mass is 9.95. The molecule has 0 fully saturated rings. The highest BCUT2D eigenvalue weighted by Gasteiger charge is 2.39. The molecule has 2 aromatic rings. The highest BCUT2D eigenvalue weighted by atomic mass is 79.9. The van der Waals surface area contributed by atoms with Crippen molar-refractivity contribution in [3.05, 3.63) is 44.6 Å². The summed E-state index contributed by atoms with van der Waals surface area (Å²) >= 11 is 9.44. The Kier molecular flexibility index (Phi) is 3.78. The summed E-state index contributed by atoms with van der Waals surface area (Å²) in [7, 11) is 0. The SMILES string of the molecule is FC(F)(F)c1nn(-c2ccc(Br)cc2Cl)c2c1CCCC2. The van der Waals surface area contributed by atoms with Crippen LogP contribution < -0.4 is 0 Å². The van der Waals surface area contributed by atoms with Gasteiger partial charge in [-0.25, -0.2) is 4.68 Å². The first-order valence-corrected chi connectivity index (χ1v) is 7.68. The molecule has 0 aliphatic heterocycles. The molecule has 0 spiro atoms. The Morgan fingerprint density at radius 3 is 2.57 bits per heavy atom. The van der Waals surface area contributed by atoms with Crippen molar-refractivity contribution < 1.29 is 13.2 Å². The second-order valence-electron chi connectivity index (χ2n) is 4.99. The van der Waals surface area contributed by atoms with Crippen molar-refractivity contribution in [2.45, 2.75) is 31.9 Å². The fourth-order valence-electron chi connectivity index (χ4n) is 2.68. The standard InChI is InChI=1S/C14H11BrClF3N2/c15-8-5-6-12(10(16)7-8)21-11-4-2-1-3-9(11)13(20-21)14(17,18)19/h5-7H,1-4H2. The normalized spacial score (nSPS) is 15.1. The first kappa shape index (κ1) is 14.9. The zero-order chi connectivity index (χ0) is 15.2. The van der Waals surface area contributed by atoms with Crippen LogP contribution in [0.15, 0.2) is 22.7 Å². The number of halogens is 5. The lowest BCUT2D eigenvalue weighted by Gasteiger charge is -2.15. The van der Waals surface area contributed by atoms with Gasteiger partial charge in [-0.1, -0.05) is 27.5 Å². The molecule has 1 aromatic carbocycles. The first-order chi connectivity index (χ1) is 9.88. The largest absolute Gasteiger partial charge is 0.435 e. The number of aromatic nitrogens is 2. The molecule has 1 heterocycles. The van der Waals surface area contributed by atoms with Crippen LogP contribution in [0.2, 0.25) is 5.02 Å². The molecule has 0 saturated carbocycles. The molecule has 0 N–H and O–H groups in total. The Morgan fingerprint density at radius 2 is 1.90 bits per heavy atom. The summed E-state index contributed by atoms with van der Waals surface area (Å²) in [6.45, 7) is 0. The number of fused-ring (bicyclic) bond motifs is 1. The van der Waals surface area contributed by atoms with Gasteiger partial charge < -0.3 is 0 Å². The van der Waals surface area contributed by atoms with Crippen molar-refractivity contribution in [3.63, 3.8) is 0 Å². The smallest absolute Gasteiger partial charge is 0.235 e. The Hall–Kier alpha value is -1.01. The van der Waals surface area contributed by atoms with E-state index in [1.807, 2.05) is 0 Å². The van der Waals surface area contributed by atoms with Gasteiger partial charge >= 0.3 is 6.18 Å². The lowest BCUT2D eigenvalue weighted by Crippen LogP contribution is -2.11. The van der Waals surface area contributed by atoms with E-state index in [1.165, 1.54) is 4.68 Å². The zero-order valence-corrected chi connectivity index (χ0v) is 13.2. The number of hydrogen-bond donors (Lipinski definition) is 0. The van der Waals surface area contributed by atoms with E-state index in [2.05, 4.69) is 21.0 Å². The minimum atomic E-state index is -4.44. The molecule has 0 bridgehead atoms. The average molecular weight is 380 g/mol. The third kappa shape index (κ3) is 2.71. The lowest BCUT2D eigenvalue weighted by molar-refractivity contribution is -0.142. The summed E-state index contributed by atoms with van der Waals surface area (Å²) < 4.78 is 41.6. The Morgan fingerprint density at radius 1 is 1.19 bits per heavy atom. The van der Waals surface area contributed by atoms with Gasteiger partial charge in [0.2, 0.25) is 0 Å². The van der Waals surface area contributed by atoms with E-state index in [0.29, 0.717) is 34.8 Å². The van der Waals surface area contributed by atoms with Crippen molar-refractivity contribution >= 4 is 27.5 Å². The van der Waals surface area contributed by atoms with E-state index in [4.69, 9.17) is 11.6 Å². The van der Waals surface area contributed by atoms with Crippen LogP contribution in [0, 0.1) is 0 Å². The van der Waals surface area contributed by atoms with Crippen molar-refractivity contribution in [1.29, 1.82) is 0 Å². The van der Waals surface area contributed by atoms with E-state index in [-0.39, 0.29) is 0 Å². The van der Waals surface area contributed by atoms with Crippen LogP contribution in [-0.4, -0.2) is 9.78 Å². The number of nitrogens with zero attached hydrogens (tertiary/aromatic N) is 2. The van der Waals surface area contributed by atoms with Crippen molar-refractivity contribution in [1.82, 2.24) is 9.78 Å². The van der Waals surface area contributed by atoms with E-state index in [0.717, 1.165) is 17.3 Å². The predicted octanol–water partition coefficient (Wildman–Crippen LogP) is 5.19. The van der Waals surface area contributed by atoms with Gasteiger partial charge in [-0.15, -0.1) is 0 Å². The molecule has 0 unspecified atom stereocenters. The maximum absolute atomic E-state index is 13.2. The molecular formula is C14H11BrClF3N2. The molecule has 1 aromatic heterocycles. The molecule has 1 aliphatic rings. The maximum atomic E-state index is 13.2. The second kappa shape index (κ2) is 5.32. The highest BCUT2D eigenvalue weighted by molar-refractivity contribution is 9.10. The molecule has 0 saturated heterocycles. The Bertz CT molecular complexity index is 694. The number of benzene rings is 1. The third-order valence-electron chi connectivity index (χ3n) is 3.59. The third-order valence-corrected chi connectivity index (χ3v) is 4.38. The number of alkyl halides is 3. The summed E-state index contributed by atoms with van der Waals surface area (Å²) in [5.74, 6) is 0. The number of hydrogen-bond acceptors (Lipinski definition) is 1. The molecule has 112 valence electrons. The van der Waals surface area contributed by atoms with Crippen LogP contribution in [0.5, 0.6) is 0 Å². The minimum Gasteiger partial charge on any atom is -0.235 e. The first-order valence-electron chi connectivity index (χ1n) is 6.51. The summed E-state index contributed by atoms with van der Waals surface area (Å²) in [6, 6.07) is 5.07. The molecule has 0 radical (unpaired) electrons. The van der Waals surface area contributed by atoms with E-state index < -0.39 is 11.9 Å². The average Bonchev–Trinajstić information content (AvgIpc) is 2.78. The van der Waals surface area contributed by atoms with Gasteiger partial charge in [0.05, 0.1) is 10.7 Å². The van der Waals surface area contributed by atoms with Crippen molar-refractivity contribution in [2.24, 2.45) is 0 Å². The van der Waals surface area contributed by atoms with E-state index >= 15 is 0 Å².